The summed E-state index contributed by atoms with van der Waals surface area (Å²) in [7, 11) is 1.96. The van der Waals surface area contributed by atoms with Gasteiger partial charge >= 0.3 is 0 Å². The second-order valence-electron chi connectivity index (χ2n) is 4.94. The van der Waals surface area contributed by atoms with E-state index in [1.807, 2.05) is 23.9 Å². The van der Waals surface area contributed by atoms with Crippen LogP contribution in [-0.2, 0) is 22.9 Å². The van der Waals surface area contributed by atoms with Gasteiger partial charge < -0.3 is 15.2 Å². The maximum absolute atomic E-state index is 6.23. The predicted octanol–water partition coefficient (Wildman–Crippen LogP) is 0.859. The number of para-hydroxylation sites is 1. The van der Waals surface area contributed by atoms with Crippen molar-refractivity contribution in [2.75, 3.05) is 19.8 Å². The summed E-state index contributed by atoms with van der Waals surface area (Å²) >= 11 is 0. The van der Waals surface area contributed by atoms with Gasteiger partial charge in [0.1, 0.15) is 0 Å². The van der Waals surface area contributed by atoms with Crippen LogP contribution in [0, 0.1) is 0 Å². The summed E-state index contributed by atoms with van der Waals surface area (Å²) < 4.78 is 12.9. The van der Waals surface area contributed by atoms with Gasteiger partial charge in [0, 0.05) is 24.9 Å². The number of ether oxygens (including phenoxy) is 2. The molecule has 0 bridgehead atoms. The lowest BCUT2D eigenvalue weighted by atomic mass is 10.0. The molecule has 0 spiro atoms. The van der Waals surface area contributed by atoms with E-state index in [1.165, 1.54) is 0 Å². The average molecular weight is 261 g/mol. The Hall–Kier alpha value is -1.43. The van der Waals surface area contributed by atoms with E-state index in [-0.39, 0.29) is 12.1 Å². The number of hydrogen-bond donors (Lipinski definition) is 1. The molecule has 1 saturated heterocycles. The maximum Gasteiger partial charge on any atom is 0.0963 e. The zero-order chi connectivity index (χ0) is 13.2. The zero-order valence-electron chi connectivity index (χ0n) is 11.1. The number of aromatic nitrogens is 2. The molecule has 1 aromatic heterocycles. The average Bonchev–Trinajstić information content (AvgIpc) is 2.77. The van der Waals surface area contributed by atoms with Crippen LogP contribution in [0.5, 0.6) is 0 Å². The number of hydrogen-bond acceptors (Lipinski definition) is 4. The van der Waals surface area contributed by atoms with E-state index in [2.05, 4.69) is 17.2 Å². The predicted molar refractivity (Wildman–Crippen MR) is 73.0 cm³/mol. The molecule has 102 valence electrons. The Balaban J connectivity index is 1.81. The minimum Gasteiger partial charge on any atom is -0.376 e. The molecule has 1 aliphatic heterocycles. The minimum atomic E-state index is -0.0846. The van der Waals surface area contributed by atoms with Crippen molar-refractivity contribution in [3.8, 4) is 0 Å². The van der Waals surface area contributed by atoms with Crippen LogP contribution in [0.2, 0.25) is 0 Å². The fourth-order valence-corrected chi connectivity index (χ4v) is 2.55. The third kappa shape index (κ3) is 2.49. The van der Waals surface area contributed by atoms with Crippen molar-refractivity contribution in [1.29, 1.82) is 0 Å². The topological polar surface area (TPSA) is 62.3 Å². The van der Waals surface area contributed by atoms with Crippen LogP contribution in [0.4, 0.5) is 0 Å². The van der Waals surface area contributed by atoms with Crippen molar-refractivity contribution < 1.29 is 9.47 Å². The number of nitrogens with two attached hydrogens (primary N) is 1. The van der Waals surface area contributed by atoms with E-state index in [9.17, 15) is 0 Å². The molecular weight excluding hydrogens is 242 g/mol. The summed E-state index contributed by atoms with van der Waals surface area (Å²) in [6, 6.07) is 8.12. The highest BCUT2D eigenvalue weighted by Crippen LogP contribution is 2.19. The van der Waals surface area contributed by atoms with Crippen LogP contribution >= 0.6 is 0 Å². The molecule has 3 rings (SSSR count). The Morgan fingerprint density at radius 3 is 3.05 bits per heavy atom. The zero-order valence-corrected chi connectivity index (χ0v) is 11.1. The molecule has 1 aliphatic rings. The second-order valence-corrected chi connectivity index (χ2v) is 4.94. The molecule has 2 heterocycles. The standard InChI is InChI=1S/C14H19N3O2/c1-17-13-5-3-2-4-10(13)12(16-17)8-11(15)14-9-18-6-7-19-14/h2-5,11,14H,6-9,15H2,1H3. The highest BCUT2D eigenvalue weighted by molar-refractivity contribution is 5.81. The summed E-state index contributed by atoms with van der Waals surface area (Å²) in [6.45, 7) is 1.86. The fraction of sp³-hybridized carbons (Fsp3) is 0.500. The van der Waals surface area contributed by atoms with Crippen LogP contribution in [0.25, 0.3) is 10.9 Å². The van der Waals surface area contributed by atoms with Crippen LogP contribution in [-0.4, -0.2) is 41.7 Å². The van der Waals surface area contributed by atoms with E-state index < -0.39 is 0 Å². The van der Waals surface area contributed by atoms with Gasteiger partial charge in [-0.3, -0.25) is 4.68 Å². The van der Waals surface area contributed by atoms with Crippen molar-refractivity contribution in [2.24, 2.45) is 12.8 Å². The lowest BCUT2D eigenvalue weighted by molar-refractivity contribution is -0.0968. The SMILES string of the molecule is Cn1nc(CC(N)C2COCCO2)c2ccccc21. The lowest BCUT2D eigenvalue weighted by Gasteiger charge is -2.27. The Kier molecular flexibility index (Phi) is 3.50. The van der Waals surface area contributed by atoms with Gasteiger partial charge in [0.25, 0.3) is 0 Å². The maximum atomic E-state index is 6.23. The molecule has 2 unspecified atom stereocenters. The van der Waals surface area contributed by atoms with Crippen molar-refractivity contribution in [2.45, 2.75) is 18.6 Å². The largest absolute Gasteiger partial charge is 0.376 e. The molecule has 5 nitrogen and oxygen atoms in total. The molecule has 5 heteroatoms. The molecule has 0 aliphatic carbocycles. The Morgan fingerprint density at radius 1 is 1.42 bits per heavy atom. The van der Waals surface area contributed by atoms with Crippen LogP contribution in [0.1, 0.15) is 5.69 Å². The molecule has 1 fully saturated rings. The molecule has 1 aromatic carbocycles. The third-order valence-electron chi connectivity index (χ3n) is 3.58. The number of rotatable bonds is 3. The van der Waals surface area contributed by atoms with Gasteiger partial charge in [-0.25, -0.2) is 0 Å². The summed E-state index contributed by atoms with van der Waals surface area (Å²) in [5, 5.41) is 5.73. The first kappa shape index (κ1) is 12.6. The highest BCUT2D eigenvalue weighted by Gasteiger charge is 2.23. The molecule has 2 N–H and O–H groups in total. The second kappa shape index (κ2) is 5.28. The van der Waals surface area contributed by atoms with Crippen molar-refractivity contribution in [1.82, 2.24) is 9.78 Å². The monoisotopic (exact) mass is 261 g/mol. The van der Waals surface area contributed by atoms with Crippen molar-refractivity contribution in [3.63, 3.8) is 0 Å². The summed E-state index contributed by atoms with van der Waals surface area (Å²) in [4.78, 5) is 0. The molecule has 2 aromatic rings. The van der Waals surface area contributed by atoms with E-state index in [1.54, 1.807) is 0 Å². The Labute approximate surface area is 112 Å². The summed E-state index contributed by atoms with van der Waals surface area (Å²) in [5.74, 6) is 0. The number of fused-ring (bicyclic) bond motifs is 1. The Bertz CT molecular complexity index is 561. The van der Waals surface area contributed by atoms with Crippen molar-refractivity contribution in [3.05, 3.63) is 30.0 Å². The van der Waals surface area contributed by atoms with E-state index in [0.29, 0.717) is 26.2 Å². The lowest BCUT2D eigenvalue weighted by Crippen LogP contribution is -2.44. The van der Waals surface area contributed by atoms with Gasteiger partial charge in [0.15, 0.2) is 0 Å². The molecule has 0 amide bonds. The van der Waals surface area contributed by atoms with Crippen LogP contribution in [0.15, 0.2) is 24.3 Å². The van der Waals surface area contributed by atoms with E-state index in [4.69, 9.17) is 15.2 Å². The van der Waals surface area contributed by atoms with Crippen LogP contribution < -0.4 is 5.73 Å². The molecule has 0 saturated carbocycles. The quantitative estimate of drug-likeness (QED) is 0.890. The molecule has 0 radical (unpaired) electrons. The van der Waals surface area contributed by atoms with Crippen molar-refractivity contribution >= 4 is 10.9 Å². The fourth-order valence-electron chi connectivity index (χ4n) is 2.55. The highest BCUT2D eigenvalue weighted by atomic mass is 16.6. The van der Waals surface area contributed by atoms with E-state index >= 15 is 0 Å². The normalized spacial score (nSPS) is 21.7. The summed E-state index contributed by atoms with van der Waals surface area (Å²) in [5.41, 5.74) is 8.38. The number of benzene rings is 1. The third-order valence-corrected chi connectivity index (χ3v) is 3.58. The van der Waals surface area contributed by atoms with Gasteiger partial charge in [-0.1, -0.05) is 18.2 Å². The van der Waals surface area contributed by atoms with Gasteiger partial charge in [-0.15, -0.1) is 0 Å². The molecule has 2 atom stereocenters. The van der Waals surface area contributed by atoms with E-state index in [0.717, 1.165) is 16.6 Å². The van der Waals surface area contributed by atoms with Gasteiger partial charge in [0.05, 0.1) is 37.1 Å². The first-order valence-corrected chi connectivity index (χ1v) is 6.61. The Morgan fingerprint density at radius 2 is 2.26 bits per heavy atom. The van der Waals surface area contributed by atoms with Gasteiger partial charge in [0.2, 0.25) is 0 Å². The smallest absolute Gasteiger partial charge is 0.0963 e. The first-order chi connectivity index (χ1) is 9.25. The molecular formula is C14H19N3O2. The van der Waals surface area contributed by atoms with Crippen LogP contribution in [0.3, 0.4) is 0 Å². The number of nitrogens with zero attached hydrogens (tertiary/aromatic N) is 2. The first-order valence-electron chi connectivity index (χ1n) is 6.61. The molecule has 19 heavy (non-hydrogen) atoms. The van der Waals surface area contributed by atoms with Gasteiger partial charge in [-0.05, 0) is 6.07 Å². The summed E-state index contributed by atoms with van der Waals surface area (Å²) in [6.07, 6.45) is 0.671. The van der Waals surface area contributed by atoms with Gasteiger partial charge in [-0.2, -0.15) is 5.10 Å². The minimum absolute atomic E-state index is 0.0329. The number of aryl methyl sites for hydroxylation is 1.